The Balaban J connectivity index is 1.56. The van der Waals surface area contributed by atoms with Crippen molar-refractivity contribution in [3.8, 4) is 16.9 Å². The molecule has 0 unspecified atom stereocenters. The largest absolute Gasteiger partial charge is 0.494 e. The number of rotatable bonds is 7. The van der Waals surface area contributed by atoms with E-state index in [-0.39, 0.29) is 5.91 Å². The maximum absolute atomic E-state index is 13.2. The molecule has 166 valence electrons. The third kappa shape index (κ3) is 4.14. The van der Waals surface area contributed by atoms with Crippen LogP contribution < -0.4 is 10.1 Å². The molecule has 0 spiro atoms. The smallest absolute Gasteiger partial charge is 0.236 e. The zero-order valence-corrected chi connectivity index (χ0v) is 19.7. The Morgan fingerprint density at radius 1 is 1.06 bits per heavy atom. The van der Waals surface area contributed by atoms with Crippen LogP contribution >= 0.6 is 0 Å². The monoisotopic (exact) mass is 428 g/mol. The lowest BCUT2D eigenvalue weighted by molar-refractivity contribution is -0.118. The van der Waals surface area contributed by atoms with Crippen molar-refractivity contribution in [2.45, 2.75) is 58.8 Å². The van der Waals surface area contributed by atoms with Gasteiger partial charge in [0.05, 0.1) is 12.0 Å². The van der Waals surface area contributed by atoms with Gasteiger partial charge in [0.1, 0.15) is 11.6 Å². The van der Waals surface area contributed by atoms with Crippen LogP contribution in [0.3, 0.4) is 0 Å². The first-order chi connectivity index (χ1) is 15.4. The highest BCUT2D eigenvalue weighted by Gasteiger charge is 2.51. The van der Waals surface area contributed by atoms with Crippen molar-refractivity contribution in [3.63, 3.8) is 0 Å². The van der Waals surface area contributed by atoms with Crippen LogP contribution in [-0.4, -0.2) is 17.5 Å². The highest BCUT2D eigenvalue weighted by molar-refractivity contribution is 6.01. The first-order valence-corrected chi connectivity index (χ1v) is 11.5. The highest BCUT2D eigenvalue weighted by Crippen LogP contribution is 2.49. The lowest BCUT2D eigenvalue weighted by Crippen LogP contribution is -2.28. The van der Waals surface area contributed by atoms with E-state index in [2.05, 4.69) is 55.6 Å². The second-order valence-corrected chi connectivity index (χ2v) is 9.02. The Hall–Kier alpha value is -3.14. The zero-order chi connectivity index (χ0) is 22.9. The molecule has 1 aliphatic carbocycles. The summed E-state index contributed by atoms with van der Waals surface area (Å²) in [5.41, 5.74) is 6.17. The molecule has 1 N–H and O–H groups in total. The predicted molar refractivity (Wildman–Crippen MR) is 130 cm³/mol. The van der Waals surface area contributed by atoms with E-state index in [0.29, 0.717) is 18.3 Å². The van der Waals surface area contributed by atoms with Gasteiger partial charge in [-0.1, -0.05) is 50.2 Å². The Morgan fingerprint density at radius 2 is 1.81 bits per heavy atom. The van der Waals surface area contributed by atoms with Gasteiger partial charge in [0.15, 0.2) is 0 Å². The van der Waals surface area contributed by atoms with Crippen molar-refractivity contribution in [1.82, 2.24) is 4.98 Å². The minimum absolute atomic E-state index is 0.0169. The van der Waals surface area contributed by atoms with Crippen molar-refractivity contribution < 1.29 is 9.53 Å². The molecular weight excluding hydrogens is 396 g/mol. The van der Waals surface area contributed by atoms with Crippen molar-refractivity contribution >= 4 is 11.7 Å². The van der Waals surface area contributed by atoms with Crippen molar-refractivity contribution in [3.05, 3.63) is 77.0 Å². The molecule has 1 saturated carbocycles. The number of ether oxygens (including phenoxy) is 1. The lowest BCUT2D eigenvalue weighted by atomic mass is 9.92. The van der Waals surface area contributed by atoms with Gasteiger partial charge in [-0.25, -0.2) is 4.98 Å². The molecule has 1 aliphatic rings. The SMILES string of the molecule is CCOc1ccc(C2(C(=O)Nc3ccc(-c4ccccc4C(C)C)c(C)n3)CC2)cc1C. The number of benzene rings is 2. The number of hydrogen-bond acceptors (Lipinski definition) is 3. The summed E-state index contributed by atoms with van der Waals surface area (Å²) in [6.07, 6.45) is 1.70. The fourth-order valence-electron chi connectivity index (χ4n) is 4.43. The van der Waals surface area contributed by atoms with Crippen LogP contribution in [0.2, 0.25) is 0 Å². The fourth-order valence-corrected chi connectivity index (χ4v) is 4.43. The molecule has 1 amide bonds. The molecule has 0 atom stereocenters. The van der Waals surface area contributed by atoms with Gasteiger partial charge in [-0.2, -0.15) is 0 Å². The van der Waals surface area contributed by atoms with Gasteiger partial charge in [0.2, 0.25) is 5.91 Å². The molecule has 1 fully saturated rings. The summed E-state index contributed by atoms with van der Waals surface area (Å²) in [7, 11) is 0. The standard InChI is InChI=1S/C28H32N2O2/c1-6-32-25-13-11-21(17-19(25)4)28(15-16-28)27(31)30-26-14-12-23(20(5)29-26)24-10-8-7-9-22(24)18(2)3/h7-14,17-18H,6,15-16H2,1-5H3,(H,29,30,31). The number of hydrogen-bond donors (Lipinski definition) is 1. The third-order valence-electron chi connectivity index (χ3n) is 6.41. The maximum atomic E-state index is 13.2. The van der Waals surface area contributed by atoms with Crippen LogP contribution in [0.25, 0.3) is 11.1 Å². The van der Waals surface area contributed by atoms with Crippen molar-refractivity contribution in [2.24, 2.45) is 0 Å². The van der Waals surface area contributed by atoms with Gasteiger partial charge in [0, 0.05) is 11.3 Å². The van der Waals surface area contributed by atoms with Crippen molar-refractivity contribution in [1.29, 1.82) is 0 Å². The maximum Gasteiger partial charge on any atom is 0.236 e. The summed E-state index contributed by atoms with van der Waals surface area (Å²) in [6.45, 7) is 11.0. The molecule has 1 aromatic heterocycles. The van der Waals surface area contributed by atoms with Crippen LogP contribution in [0.1, 0.15) is 61.9 Å². The molecule has 2 aromatic carbocycles. The normalized spacial score (nSPS) is 14.3. The number of aromatic nitrogens is 1. The van der Waals surface area contributed by atoms with Crippen molar-refractivity contribution in [2.75, 3.05) is 11.9 Å². The number of nitrogens with one attached hydrogen (secondary N) is 1. The van der Waals surface area contributed by atoms with E-state index in [1.54, 1.807) is 0 Å². The molecule has 0 radical (unpaired) electrons. The van der Waals surface area contributed by atoms with E-state index in [1.165, 1.54) is 11.1 Å². The van der Waals surface area contributed by atoms with E-state index >= 15 is 0 Å². The summed E-state index contributed by atoms with van der Waals surface area (Å²) in [5, 5.41) is 3.08. The minimum Gasteiger partial charge on any atom is -0.494 e. The molecule has 32 heavy (non-hydrogen) atoms. The topological polar surface area (TPSA) is 51.2 Å². The first kappa shape index (κ1) is 22.1. The predicted octanol–water partition coefficient (Wildman–Crippen LogP) is 6.56. The van der Waals surface area contributed by atoms with Gasteiger partial charge in [0.25, 0.3) is 0 Å². The molecule has 4 heteroatoms. The fraction of sp³-hybridized carbons (Fsp3) is 0.357. The summed E-state index contributed by atoms with van der Waals surface area (Å²) in [5.74, 6) is 1.93. The van der Waals surface area contributed by atoms with E-state index in [1.807, 2.05) is 39.0 Å². The van der Waals surface area contributed by atoms with Crippen LogP contribution in [0.5, 0.6) is 5.75 Å². The molecule has 4 rings (SSSR count). The number of pyridine rings is 1. The van der Waals surface area contributed by atoms with Crippen LogP contribution in [0.15, 0.2) is 54.6 Å². The Kier molecular flexibility index (Phi) is 6.05. The lowest BCUT2D eigenvalue weighted by Gasteiger charge is -2.18. The minimum atomic E-state index is -0.464. The molecular formula is C28H32N2O2. The Morgan fingerprint density at radius 3 is 2.44 bits per heavy atom. The molecule has 1 heterocycles. The quantitative estimate of drug-likeness (QED) is 0.464. The van der Waals surface area contributed by atoms with E-state index < -0.39 is 5.41 Å². The van der Waals surface area contributed by atoms with Gasteiger partial charge >= 0.3 is 0 Å². The highest BCUT2D eigenvalue weighted by atomic mass is 16.5. The summed E-state index contributed by atoms with van der Waals surface area (Å²) < 4.78 is 5.65. The number of carbonyl (C=O) groups is 1. The summed E-state index contributed by atoms with van der Waals surface area (Å²) >= 11 is 0. The number of anilines is 1. The number of amides is 1. The number of aryl methyl sites for hydroxylation is 2. The third-order valence-corrected chi connectivity index (χ3v) is 6.41. The number of nitrogens with zero attached hydrogens (tertiary/aromatic N) is 1. The average molecular weight is 429 g/mol. The summed E-state index contributed by atoms with van der Waals surface area (Å²) in [4.78, 5) is 18.0. The average Bonchev–Trinajstić information content (AvgIpc) is 3.58. The van der Waals surface area contributed by atoms with Gasteiger partial charge < -0.3 is 10.1 Å². The van der Waals surface area contributed by atoms with Crippen LogP contribution in [-0.2, 0) is 10.2 Å². The molecule has 0 aliphatic heterocycles. The molecule has 0 saturated heterocycles. The zero-order valence-electron chi connectivity index (χ0n) is 19.7. The van der Waals surface area contributed by atoms with Gasteiger partial charge in [-0.3, -0.25) is 4.79 Å². The van der Waals surface area contributed by atoms with E-state index in [4.69, 9.17) is 9.72 Å². The van der Waals surface area contributed by atoms with E-state index in [9.17, 15) is 4.79 Å². The first-order valence-electron chi connectivity index (χ1n) is 11.5. The number of carbonyl (C=O) groups excluding carboxylic acids is 1. The summed E-state index contributed by atoms with van der Waals surface area (Å²) in [6, 6.07) is 18.5. The molecule has 3 aromatic rings. The molecule has 0 bridgehead atoms. The van der Waals surface area contributed by atoms with Crippen LogP contribution in [0, 0.1) is 13.8 Å². The van der Waals surface area contributed by atoms with Gasteiger partial charge in [-0.05, 0) is 80.0 Å². The Labute approximate surface area is 191 Å². The van der Waals surface area contributed by atoms with Crippen LogP contribution in [0.4, 0.5) is 5.82 Å². The van der Waals surface area contributed by atoms with E-state index in [0.717, 1.165) is 41.0 Å². The Bertz CT molecular complexity index is 1150. The second kappa shape index (κ2) is 8.78. The molecule has 4 nitrogen and oxygen atoms in total. The van der Waals surface area contributed by atoms with Gasteiger partial charge in [-0.15, -0.1) is 0 Å². The second-order valence-electron chi connectivity index (χ2n) is 9.02.